The fraction of sp³-hybridized carbons (Fsp3) is 0.333. The number of piperidine rings is 1. The smallest absolute Gasteiger partial charge is 0.285 e. The molecule has 13 nitrogen and oxygen atoms in total. The number of fused-ring (bicyclic) bond motifs is 2. The Labute approximate surface area is 264 Å². The third kappa shape index (κ3) is 6.07. The van der Waals surface area contributed by atoms with Crippen LogP contribution in [-0.4, -0.2) is 63.0 Å². The molecule has 1 fully saturated rings. The summed E-state index contributed by atoms with van der Waals surface area (Å²) < 4.78 is 29.0. The van der Waals surface area contributed by atoms with Crippen molar-refractivity contribution in [1.82, 2.24) is 34.0 Å². The van der Waals surface area contributed by atoms with E-state index in [0.717, 1.165) is 41.1 Å². The van der Waals surface area contributed by atoms with Gasteiger partial charge in [-0.3, -0.25) is 23.8 Å². The van der Waals surface area contributed by atoms with Crippen LogP contribution >= 0.6 is 11.6 Å². The highest BCUT2D eigenvalue weighted by molar-refractivity contribution is 7.89. The lowest BCUT2D eigenvalue weighted by molar-refractivity contribution is 0.0977. The summed E-state index contributed by atoms with van der Waals surface area (Å²) in [6, 6.07) is 8.51. The molecular formula is C30H32ClN9O4S. The first-order valence-corrected chi connectivity index (χ1v) is 16.6. The van der Waals surface area contributed by atoms with Gasteiger partial charge in [-0.15, -0.1) is 0 Å². The van der Waals surface area contributed by atoms with Crippen molar-refractivity contribution in [1.29, 1.82) is 0 Å². The second-order valence-electron chi connectivity index (χ2n) is 11.4. The molecule has 15 heteroatoms. The molecule has 0 bridgehead atoms. The molecular weight excluding hydrogens is 618 g/mol. The summed E-state index contributed by atoms with van der Waals surface area (Å²) in [5.41, 5.74) is 3.07. The molecule has 1 saturated heterocycles. The number of aryl methyl sites for hydroxylation is 1. The van der Waals surface area contributed by atoms with Crippen LogP contribution in [-0.2, 0) is 17.1 Å². The Morgan fingerprint density at radius 1 is 1.11 bits per heavy atom. The van der Waals surface area contributed by atoms with Crippen LogP contribution in [0.15, 0.2) is 53.7 Å². The molecule has 5 aromatic rings. The van der Waals surface area contributed by atoms with E-state index in [0.29, 0.717) is 29.9 Å². The summed E-state index contributed by atoms with van der Waals surface area (Å²) in [6.45, 7) is 5.14. The van der Waals surface area contributed by atoms with E-state index in [-0.39, 0.29) is 28.1 Å². The fourth-order valence-corrected chi connectivity index (χ4v) is 6.47. The minimum atomic E-state index is -3.84. The van der Waals surface area contributed by atoms with Crippen molar-refractivity contribution in [2.24, 2.45) is 7.05 Å². The van der Waals surface area contributed by atoms with Gasteiger partial charge in [-0.1, -0.05) is 17.7 Å². The Morgan fingerprint density at radius 2 is 1.87 bits per heavy atom. The van der Waals surface area contributed by atoms with Crippen molar-refractivity contribution >= 4 is 61.0 Å². The average molecular weight is 650 g/mol. The summed E-state index contributed by atoms with van der Waals surface area (Å²) in [6.07, 6.45) is 7.98. The highest BCUT2D eigenvalue weighted by Gasteiger charge is 2.27. The molecule has 1 atom stereocenters. The number of benzene rings is 1. The summed E-state index contributed by atoms with van der Waals surface area (Å²) in [7, 11) is -2.10. The molecule has 0 aliphatic carbocycles. The van der Waals surface area contributed by atoms with Gasteiger partial charge in [0.05, 0.1) is 52.8 Å². The normalized spacial score (nSPS) is 15.0. The van der Waals surface area contributed by atoms with Crippen molar-refractivity contribution in [3.05, 3.63) is 81.3 Å². The standard InChI is InChI=1S/C30H32ClN9O4S/c1-17-13-21(18(2)34-23-5-6-25(31)35-27(23)28(41)37-45(4,43)44)26-22(14-17)29(42)38(3)30(36-26)39-11-8-20(9-12-39)40-24-16-32-10-7-19(24)15-33-40/h5-7,10,13-16,18,20,34H,8-9,11-12H2,1-4H3,(H,37,41)/t18-/m1/s1. The Hall–Kier alpha value is -4.56. The molecule has 1 aliphatic rings. The quantitative estimate of drug-likeness (QED) is 0.249. The average Bonchev–Trinajstić information content (AvgIpc) is 3.43. The second kappa shape index (κ2) is 11.7. The van der Waals surface area contributed by atoms with Crippen LogP contribution < -0.4 is 20.5 Å². The van der Waals surface area contributed by atoms with Gasteiger partial charge in [-0.2, -0.15) is 5.10 Å². The molecule has 0 unspecified atom stereocenters. The van der Waals surface area contributed by atoms with Crippen molar-refractivity contribution < 1.29 is 13.2 Å². The van der Waals surface area contributed by atoms with Crippen molar-refractivity contribution in [3.8, 4) is 0 Å². The number of hydrogen-bond donors (Lipinski definition) is 2. The van der Waals surface area contributed by atoms with Crippen molar-refractivity contribution in [3.63, 3.8) is 0 Å². The number of aromatic nitrogens is 6. The maximum absolute atomic E-state index is 13.7. The van der Waals surface area contributed by atoms with Crippen LogP contribution in [0, 0.1) is 6.92 Å². The van der Waals surface area contributed by atoms with E-state index < -0.39 is 22.0 Å². The van der Waals surface area contributed by atoms with Gasteiger partial charge in [0, 0.05) is 37.3 Å². The Bertz CT molecular complexity index is 2120. The number of rotatable bonds is 7. The van der Waals surface area contributed by atoms with Crippen LogP contribution in [0.5, 0.6) is 0 Å². The highest BCUT2D eigenvalue weighted by Crippen LogP contribution is 2.31. The molecule has 0 saturated carbocycles. The first-order chi connectivity index (χ1) is 21.4. The van der Waals surface area contributed by atoms with Crippen LogP contribution in [0.1, 0.15) is 53.5 Å². The van der Waals surface area contributed by atoms with Gasteiger partial charge in [0.1, 0.15) is 5.15 Å². The van der Waals surface area contributed by atoms with Crippen LogP contribution in [0.3, 0.4) is 0 Å². The Kier molecular flexibility index (Phi) is 7.95. The number of hydrogen-bond acceptors (Lipinski definition) is 10. The largest absolute Gasteiger partial charge is 0.377 e. The summed E-state index contributed by atoms with van der Waals surface area (Å²) in [5.74, 6) is -0.350. The highest BCUT2D eigenvalue weighted by atomic mass is 35.5. The van der Waals surface area contributed by atoms with Crippen LogP contribution in [0.25, 0.3) is 21.8 Å². The molecule has 5 heterocycles. The SMILES string of the molecule is Cc1cc([C@@H](C)Nc2ccc(Cl)nc2C(=O)NS(C)(=O)=O)c2nc(N3CCC(n4ncc5ccncc54)CC3)n(C)c(=O)c2c1. The van der Waals surface area contributed by atoms with Gasteiger partial charge in [-0.25, -0.2) is 23.1 Å². The molecule has 0 radical (unpaired) electrons. The van der Waals surface area contributed by atoms with Crippen LogP contribution in [0.2, 0.25) is 5.15 Å². The van der Waals surface area contributed by atoms with Crippen molar-refractivity contribution in [2.75, 3.05) is 29.6 Å². The minimum absolute atomic E-state index is 0.0313. The van der Waals surface area contributed by atoms with Gasteiger partial charge in [0.2, 0.25) is 16.0 Å². The molecule has 0 spiro atoms. The maximum atomic E-state index is 13.7. The zero-order chi connectivity index (χ0) is 32.0. The first-order valence-electron chi connectivity index (χ1n) is 14.4. The Balaban J connectivity index is 1.32. The number of carbonyl (C=O) groups is 1. The number of nitrogens with one attached hydrogen (secondary N) is 2. The topological polar surface area (TPSA) is 157 Å². The van der Waals surface area contributed by atoms with E-state index in [2.05, 4.69) is 25.3 Å². The number of nitrogens with zero attached hydrogens (tertiary/aromatic N) is 7. The summed E-state index contributed by atoms with van der Waals surface area (Å²) in [5, 5.41) is 9.42. The van der Waals surface area contributed by atoms with E-state index in [4.69, 9.17) is 16.6 Å². The van der Waals surface area contributed by atoms with E-state index in [1.807, 2.05) is 53.8 Å². The van der Waals surface area contributed by atoms with Gasteiger partial charge in [0.25, 0.3) is 11.5 Å². The number of halogens is 1. The molecule has 2 N–H and O–H groups in total. The Morgan fingerprint density at radius 3 is 2.60 bits per heavy atom. The van der Waals surface area contributed by atoms with Gasteiger partial charge < -0.3 is 10.2 Å². The summed E-state index contributed by atoms with van der Waals surface area (Å²) >= 11 is 6.04. The predicted molar refractivity (Wildman–Crippen MR) is 173 cm³/mol. The summed E-state index contributed by atoms with van der Waals surface area (Å²) in [4.78, 5) is 42.0. The zero-order valence-electron chi connectivity index (χ0n) is 25.2. The molecule has 234 valence electrons. The van der Waals surface area contributed by atoms with E-state index in [1.165, 1.54) is 6.07 Å². The third-order valence-electron chi connectivity index (χ3n) is 8.02. The van der Waals surface area contributed by atoms with Gasteiger partial charge >= 0.3 is 0 Å². The predicted octanol–water partition coefficient (Wildman–Crippen LogP) is 3.74. The van der Waals surface area contributed by atoms with Gasteiger partial charge in [0.15, 0.2) is 5.69 Å². The number of pyridine rings is 2. The molecule has 1 aromatic carbocycles. The lowest BCUT2D eigenvalue weighted by Gasteiger charge is -2.34. The lowest BCUT2D eigenvalue weighted by atomic mass is 10.0. The number of sulfonamides is 1. The number of carbonyl (C=O) groups excluding carboxylic acids is 1. The van der Waals surface area contributed by atoms with E-state index in [9.17, 15) is 18.0 Å². The molecule has 45 heavy (non-hydrogen) atoms. The van der Waals surface area contributed by atoms with Gasteiger partial charge in [-0.05, 0) is 56.5 Å². The minimum Gasteiger partial charge on any atom is -0.377 e. The fourth-order valence-electron chi connectivity index (χ4n) is 5.89. The number of anilines is 2. The first kappa shape index (κ1) is 30.5. The zero-order valence-corrected chi connectivity index (χ0v) is 26.7. The van der Waals surface area contributed by atoms with E-state index >= 15 is 0 Å². The van der Waals surface area contributed by atoms with Crippen molar-refractivity contribution in [2.45, 2.75) is 38.8 Å². The van der Waals surface area contributed by atoms with E-state index in [1.54, 1.807) is 23.9 Å². The third-order valence-corrected chi connectivity index (χ3v) is 8.78. The second-order valence-corrected chi connectivity index (χ2v) is 13.5. The molecule has 4 aromatic heterocycles. The monoisotopic (exact) mass is 649 g/mol. The maximum Gasteiger partial charge on any atom is 0.285 e. The molecule has 6 rings (SSSR count). The number of amides is 1. The molecule has 1 aliphatic heterocycles. The molecule has 1 amide bonds. The van der Waals surface area contributed by atoms with Crippen LogP contribution in [0.4, 0.5) is 11.6 Å². The lowest BCUT2D eigenvalue weighted by Crippen LogP contribution is -2.39.